The summed E-state index contributed by atoms with van der Waals surface area (Å²) in [5.41, 5.74) is 4.05. The van der Waals surface area contributed by atoms with Crippen LogP contribution in [0.1, 0.15) is 10.6 Å². The smallest absolute Gasteiger partial charge is 0.291 e. The van der Waals surface area contributed by atoms with E-state index in [-0.39, 0.29) is 11.7 Å². The first-order valence-corrected chi connectivity index (χ1v) is 9.85. The minimum absolute atomic E-state index is 0.262. The quantitative estimate of drug-likeness (QED) is 0.325. The number of H-pyrrole nitrogens is 1. The number of aromatic nitrogens is 3. The van der Waals surface area contributed by atoms with E-state index in [4.69, 9.17) is 16.0 Å². The van der Waals surface area contributed by atoms with Gasteiger partial charge in [0.1, 0.15) is 17.8 Å². The lowest BCUT2D eigenvalue weighted by Gasteiger charge is -2.06. The van der Waals surface area contributed by atoms with Gasteiger partial charge in [-0.2, -0.15) is 0 Å². The van der Waals surface area contributed by atoms with Gasteiger partial charge in [-0.15, -0.1) is 0 Å². The molecule has 3 heterocycles. The molecule has 0 bridgehead atoms. The normalized spacial score (nSPS) is 10.9. The number of hydrogen-bond donors (Lipinski definition) is 3. The molecule has 152 valence electrons. The Morgan fingerprint density at radius 1 is 0.968 bits per heavy atom. The molecule has 31 heavy (non-hydrogen) atoms. The Balaban J connectivity index is 1.39. The molecule has 8 heteroatoms. The molecule has 0 fully saturated rings. The molecule has 3 N–H and O–H groups in total. The van der Waals surface area contributed by atoms with Gasteiger partial charge in [0.05, 0.1) is 11.6 Å². The Labute approximate surface area is 182 Å². The highest BCUT2D eigenvalue weighted by atomic mass is 35.5. The van der Waals surface area contributed by atoms with Crippen molar-refractivity contribution in [3.63, 3.8) is 0 Å². The van der Waals surface area contributed by atoms with E-state index in [1.54, 1.807) is 12.1 Å². The van der Waals surface area contributed by atoms with Crippen LogP contribution in [-0.2, 0) is 0 Å². The van der Waals surface area contributed by atoms with E-state index in [0.717, 1.165) is 22.3 Å². The molecule has 1 amide bonds. The standard InChI is InChI=1S/C23H16ClN5O2/c24-15-3-1-4-17(11-15)27-21-18-12-19(29-22(18)26-13-25-21)14-6-8-16(9-7-14)28-23(30)20-5-2-10-31-20/h1-13H,(H,28,30)(H2,25,26,27,29). The fourth-order valence-electron chi connectivity index (χ4n) is 3.23. The number of benzene rings is 2. The largest absolute Gasteiger partial charge is 0.459 e. The molecule has 0 radical (unpaired) electrons. The van der Waals surface area contributed by atoms with Crippen LogP contribution in [0.15, 0.2) is 83.7 Å². The zero-order chi connectivity index (χ0) is 21.2. The molecule has 3 aromatic heterocycles. The first-order valence-electron chi connectivity index (χ1n) is 9.47. The van der Waals surface area contributed by atoms with Crippen molar-refractivity contribution in [2.24, 2.45) is 0 Å². The third-order valence-electron chi connectivity index (χ3n) is 4.71. The van der Waals surface area contributed by atoms with Gasteiger partial charge in [0.25, 0.3) is 5.91 Å². The molecular formula is C23H16ClN5O2. The summed E-state index contributed by atoms with van der Waals surface area (Å²) >= 11 is 6.08. The summed E-state index contributed by atoms with van der Waals surface area (Å²) in [7, 11) is 0. The molecule has 0 aliphatic carbocycles. The van der Waals surface area contributed by atoms with Crippen molar-refractivity contribution in [3.8, 4) is 11.3 Å². The number of nitrogens with zero attached hydrogens (tertiary/aromatic N) is 2. The summed E-state index contributed by atoms with van der Waals surface area (Å²) in [5.74, 6) is 0.644. The number of furan rings is 1. The van der Waals surface area contributed by atoms with Gasteiger partial charge in [0.15, 0.2) is 5.76 Å². The Morgan fingerprint density at radius 3 is 2.61 bits per heavy atom. The van der Waals surface area contributed by atoms with E-state index in [1.165, 1.54) is 12.6 Å². The van der Waals surface area contributed by atoms with E-state index >= 15 is 0 Å². The molecule has 0 unspecified atom stereocenters. The Kier molecular flexibility index (Phi) is 4.86. The van der Waals surface area contributed by atoms with E-state index in [0.29, 0.717) is 22.2 Å². The predicted octanol–water partition coefficient (Wildman–Crippen LogP) is 5.87. The number of fused-ring (bicyclic) bond motifs is 1. The summed E-state index contributed by atoms with van der Waals surface area (Å²) in [5, 5.41) is 7.59. The number of aromatic amines is 1. The van der Waals surface area contributed by atoms with Crippen molar-refractivity contribution in [2.75, 3.05) is 10.6 Å². The second-order valence-corrected chi connectivity index (χ2v) is 7.25. The van der Waals surface area contributed by atoms with Crippen LogP contribution in [-0.4, -0.2) is 20.9 Å². The van der Waals surface area contributed by atoms with Gasteiger partial charge in [-0.3, -0.25) is 4.79 Å². The number of anilines is 3. The van der Waals surface area contributed by atoms with Gasteiger partial charge in [-0.1, -0.05) is 29.8 Å². The number of nitrogens with one attached hydrogen (secondary N) is 3. The maximum Gasteiger partial charge on any atom is 0.291 e. The summed E-state index contributed by atoms with van der Waals surface area (Å²) in [6.45, 7) is 0. The molecule has 0 saturated heterocycles. The van der Waals surface area contributed by atoms with E-state index in [2.05, 4.69) is 25.6 Å². The van der Waals surface area contributed by atoms with Gasteiger partial charge < -0.3 is 20.0 Å². The van der Waals surface area contributed by atoms with Crippen molar-refractivity contribution in [1.82, 2.24) is 15.0 Å². The van der Waals surface area contributed by atoms with Crippen LogP contribution < -0.4 is 10.6 Å². The Bertz CT molecular complexity index is 1360. The molecule has 0 spiro atoms. The lowest BCUT2D eigenvalue weighted by molar-refractivity contribution is 0.0996. The van der Waals surface area contributed by atoms with Gasteiger partial charge in [0, 0.05) is 22.1 Å². The summed E-state index contributed by atoms with van der Waals surface area (Å²) < 4.78 is 5.11. The van der Waals surface area contributed by atoms with Gasteiger partial charge in [-0.25, -0.2) is 9.97 Å². The molecule has 5 aromatic rings. The first-order chi connectivity index (χ1) is 15.2. The Morgan fingerprint density at radius 2 is 1.84 bits per heavy atom. The minimum Gasteiger partial charge on any atom is -0.459 e. The zero-order valence-corrected chi connectivity index (χ0v) is 16.9. The first kappa shape index (κ1) is 18.9. The van der Waals surface area contributed by atoms with Gasteiger partial charge in [0.2, 0.25) is 0 Å². The monoisotopic (exact) mass is 429 g/mol. The summed E-state index contributed by atoms with van der Waals surface area (Å²) in [6, 6.07) is 20.2. The average molecular weight is 430 g/mol. The fourth-order valence-corrected chi connectivity index (χ4v) is 3.42. The highest BCUT2D eigenvalue weighted by Crippen LogP contribution is 2.29. The fraction of sp³-hybridized carbons (Fsp3) is 0. The topological polar surface area (TPSA) is 95.8 Å². The number of amides is 1. The van der Waals surface area contributed by atoms with Crippen LogP contribution in [0.3, 0.4) is 0 Å². The van der Waals surface area contributed by atoms with E-state index in [9.17, 15) is 4.79 Å². The predicted molar refractivity (Wildman–Crippen MR) is 121 cm³/mol. The van der Waals surface area contributed by atoms with Crippen molar-refractivity contribution in [1.29, 1.82) is 0 Å². The van der Waals surface area contributed by atoms with Crippen LogP contribution >= 0.6 is 11.6 Å². The van der Waals surface area contributed by atoms with Gasteiger partial charge in [-0.05, 0) is 54.1 Å². The lowest BCUT2D eigenvalue weighted by Crippen LogP contribution is -2.10. The second-order valence-electron chi connectivity index (χ2n) is 6.81. The molecule has 0 aliphatic heterocycles. The number of carbonyl (C=O) groups is 1. The maximum atomic E-state index is 12.1. The number of rotatable bonds is 5. The number of halogens is 1. The zero-order valence-electron chi connectivity index (χ0n) is 16.1. The third kappa shape index (κ3) is 3.99. The van der Waals surface area contributed by atoms with Crippen molar-refractivity contribution >= 4 is 45.7 Å². The van der Waals surface area contributed by atoms with Crippen LogP contribution in [0, 0.1) is 0 Å². The molecular weight excluding hydrogens is 414 g/mol. The number of carbonyl (C=O) groups excluding carboxylic acids is 1. The third-order valence-corrected chi connectivity index (χ3v) is 4.95. The van der Waals surface area contributed by atoms with Gasteiger partial charge >= 0.3 is 0 Å². The summed E-state index contributed by atoms with van der Waals surface area (Å²) in [6.07, 6.45) is 2.97. The van der Waals surface area contributed by atoms with E-state index in [1.807, 2.05) is 54.6 Å². The van der Waals surface area contributed by atoms with Crippen LogP contribution in [0.2, 0.25) is 5.02 Å². The van der Waals surface area contributed by atoms with Crippen LogP contribution in [0.5, 0.6) is 0 Å². The SMILES string of the molecule is O=C(Nc1ccc(-c2cc3c(Nc4cccc(Cl)c4)ncnc3[nH]2)cc1)c1ccco1. The molecule has 0 atom stereocenters. The van der Waals surface area contributed by atoms with Crippen molar-refractivity contribution < 1.29 is 9.21 Å². The van der Waals surface area contributed by atoms with E-state index < -0.39 is 0 Å². The second kappa shape index (κ2) is 7.97. The van der Waals surface area contributed by atoms with Crippen molar-refractivity contribution in [3.05, 3.63) is 90.1 Å². The van der Waals surface area contributed by atoms with Crippen LogP contribution in [0.4, 0.5) is 17.2 Å². The lowest BCUT2D eigenvalue weighted by atomic mass is 10.1. The average Bonchev–Trinajstić information content (AvgIpc) is 3.45. The summed E-state index contributed by atoms with van der Waals surface area (Å²) in [4.78, 5) is 24.1. The highest BCUT2D eigenvalue weighted by Gasteiger charge is 2.11. The molecule has 5 rings (SSSR count). The minimum atomic E-state index is -0.296. The number of hydrogen-bond acceptors (Lipinski definition) is 5. The maximum absolute atomic E-state index is 12.1. The molecule has 0 aliphatic rings. The molecule has 7 nitrogen and oxygen atoms in total. The molecule has 0 saturated carbocycles. The van der Waals surface area contributed by atoms with Crippen molar-refractivity contribution in [2.45, 2.75) is 0 Å². The molecule has 2 aromatic carbocycles. The Hall–Kier alpha value is -4.10. The highest BCUT2D eigenvalue weighted by molar-refractivity contribution is 6.30. The van der Waals surface area contributed by atoms with Crippen LogP contribution in [0.25, 0.3) is 22.3 Å².